The lowest BCUT2D eigenvalue weighted by Crippen LogP contribution is -2.38. The molecule has 0 radical (unpaired) electrons. The van der Waals surface area contributed by atoms with Crippen molar-refractivity contribution in [2.24, 2.45) is 0 Å². The number of rotatable bonds is 8. The minimum Gasteiger partial charge on any atom is -0.379 e. The van der Waals surface area contributed by atoms with Crippen LogP contribution in [-0.2, 0) is 22.6 Å². The maximum absolute atomic E-state index is 13.9. The van der Waals surface area contributed by atoms with Gasteiger partial charge in [0.2, 0.25) is 23.1 Å². The van der Waals surface area contributed by atoms with Crippen molar-refractivity contribution in [1.82, 2.24) is 28.9 Å². The van der Waals surface area contributed by atoms with E-state index in [9.17, 15) is 19.2 Å². The summed E-state index contributed by atoms with van der Waals surface area (Å²) in [5, 5.41) is 0. The van der Waals surface area contributed by atoms with E-state index in [-0.39, 0.29) is 34.5 Å². The molecule has 52 heavy (non-hydrogen) atoms. The van der Waals surface area contributed by atoms with E-state index in [0.29, 0.717) is 97.9 Å². The van der Waals surface area contributed by atoms with Crippen molar-refractivity contribution in [3.63, 3.8) is 0 Å². The van der Waals surface area contributed by atoms with Crippen LogP contribution in [0.3, 0.4) is 0 Å². The van der Waals surface area contributed by atoms with Gasteiger partial charge in [-0.3, -0.25) is 29.0 Å². The van der Waals surface area contributed by atoms with Crippen molar-refractivity contribution in [2.45, 2.75) is 13.1 Å². The standard InChI is InChI=1S/C40H36N6O6/c47-35-27-5-1-3-7-29(27)37(49)33-31(35)41-39(45(33)15-13-43-17-21-51-22-18-43)25-9-11-26(12-10-25)40-42-32-34(46(40)16-14-44-19-23-52-24-20-44)38(50)30-8-4-2-6-28(30)36(32)48/h1-12H,13-24H2. The number of aromatic nitrogens is 4. The first-order valence-electron chi connectivity index (χ1n) is 17.8. The zero-order valence-electron chi connectivity index (χ0n) is 28.5. The van der Waals surface area contributed by atoms with Crippen LogP contribution in [0.4, 0.5) is 0 Å². The summed E-state index contributed by atoms with van der Waals surface area (Å²) in [4.78, 5) is 69.5. The Morgan fingerprint density at radius 2 is 0.808 bits per heavy atom. The number of carbonyl (C=O) groups excluding carboxylic acids is 4. The van der Waals surface area contributed by atoms with Crippen molar-refractivity contribution >= 4 is 23.1 Å². The predicted octanol–water partition coefficient (Wildman–Crippen LogP) is 3.63. The molecule has 5 aromatic rings. The summed E-state index contributed by atoms with van der Waals surface area (Å²) in [5.74, 6) is 0.0782. The molecule has 12 heteroatoms. The molecule has 2 aliphatic carbocycles. The number of hydrogen-bond acceptors (Lipinski definition) is 10. The third kappa shape index (κ3) is 5.46. The molecule has 262 valence electrons. The molecule has 2 fully saturated rings. The average molecular weight is 697 g/mol. The monoisotopic (exact) mass is 696 g/mol. The second-order valence-corrected chi connectivity index (χ2v) is 13.5. The second kappa shape index (κ2) is 13.3. The molecule has 9 rings (SSSR count). The van der Waals surface area contributed by atoms with E-state index in [2.05, 4.69) is 9.80 Å². The summed E-state index contributed by atoms with van der Waals surface area (Å²) in [6, 6.07) is 21.4. The van der Waals surface area contributed by atoms with E-state index in [1.54, 1.807) is 48.5 Å². The number of benzene rings is 3. The molecule has 0 N–H and O–H groups in total. The number of hydrogen-bond donors (Lipinski definition) is 0. The van der Waals surface area contributed by atoms with Gasteiger partial charge in [-0.25, -0.2) is 9.97 Å². The zero-order chi connectivity index (χ0) is 35.3. The fourth-order valence-electron chi connectivity index (χ4n) is 7.73. The third-order valence-corrected chi connectivity index (χ3v) is 10.5. The molecule has 3 aromatic carbocycles. The molecule has 12 nitrogen and oxygen atoms in total. The van der Waals surface area contributed by atoms with Gasteiger partial charge in [0.25, 0.3) is 0 Å². The van der Waals surface area contributed by atoms with E-state index in [0.717, 1.165) is 37.3 Å². The highest BCUT2D eigenvalue weighted by molar-refractivity contribution is 6.28. The highest BCUT2D eigenvalue weighted by Crippen LogP contribution is 2.35. The number of fused-ring (bicyclic) bond motifs is 4. The van der Waals surface area contributed by atoms with Crippen molar-refractivity contribution in [3.05, 3.63) is 118 Å². The number of morpholine rings is 2. The lowest BCUT2D eigenvalue weighted by Gasteiger charge is -2.27. The number of imidazole rings is 2. The SMILES string of the molecule is O=C1c2ccccc2C(=O)c2c1nc(-c1ccc(-c3nc4c(n3CCN3CCOCC3)C(=O)c3ccccc3C4=O)cc1)n2CCN1CCOCC1. The van der Waals surface area contributed by atoms with Gasteiger partial charge in [-0.2, -0.15) is 0 Å². The molecule has 2 saturated heterocycles. The molecule has 0 atom stereocenters. The lowest BCUT2D eigenvalue weighted by molar-refractivity contribution is 0.0363. The Kier molecular flexibility index (Phi) is 8.31. The fourth-order valence-corrected chi connectivity index (χ4v) is 7.73. The molecule has 0 bridgehead atoms. The largest absolute Gasteiger partial charge is 0.379 e. The normalized spacial score (nSPS) is 17.5. The maximum Gasteiger partial charge on any atom is 0.214 e. The van der Waals surface area contributed by atoms with Crippen LogP contribution in [0, 0.1) is 0 Å². The van der Waals surface area contributed by atoms with Gasteiger partial charge in [-0.05, 0) is 0 Å². The summed E-state index contributed by atoms with van der Waals surface area (Å²) in [7, 11) is 0. The number of ether oxygens (including phenoxy) is 2. The molecule has 4 aliphatic rings. The van der Waals surface area contributed by atoms with Crippen LogP contribution >= 0.6 is 0 Å². The molecule has 2 aromatic heterocycles. The molecule has 0 spiro atoms. The minimum atomic E-state index is -0.267. The summed E-state index contributed by atoms with van der Waals surface area (Å²) in [6.07, 6.45) is 0. The van der Waals surface area contributed by atoms with Crippen molar-refractivity contribution in [2.75, 3.05) is 65.7 Å². The third-order valence-electron chi connectivity index (χ3n) is 10.5. The molecule has 2 aliphatic heterocycles. The Bertz CT molecular complexity index is 2100. The van der Waals surface area contributed by atoms with Gasteiger partial charge < -0.3 is 18.6 Å². The van der Waals surface area contributed by atoms with Crippen molar-refractivity contribution in [3.8, 4) is 22.8 Å². The number of nitrogens with zero attached hydrogens (tertiary/aromatic N) is 6. The summed E-state index contributed by atoms with van der Waals surface area (Å²) < 4.78 is 14.8. The van der Waals surface area contributed by atoms with Gasteiger partial charge in [-0.1, -0.05) is 72.8 Å². The summed E-state index contributed by atoms with van der Waals surface area (Å²) >= 11 is 0. The molecular formula is C40H36N6O6. The Hall–Kier alpha value is -5.40. The molecule has 0 unspecified atom stereocenters. The highest BCUT2D eigenvalue weighted by atomic mass is 16.5. The molecular weight excluding hydrogens is 660 g/mol. The van der Waals surface area contributed by atoms with E-state index in [1.807, 2.05) is 33.4 Å². The van der Waals surface area contributed by atoms with E-state index < -0.39 is 0 Å². The van der Waals surface area contributed by atoms with Crippen LogP contribution in [0.25, 0.3) is 22.8 Å². The van der Waals surface area contributed by atoms with Crippen LogP contribution in [-0.4, -0.2) is 118 Å². The lowest BCUT2D eigenvalue weighted by atomic mass is 9.90. The fraction of sp³-hybridized carbons (Fsp3) is 0.300. The first kappa shape index (κ1) is 32.5. The van der Waals surface area contributed by atoms with Gasteiger partial charge in [-0.15, -0.1) is 0 Å². The van der Waals surface area contributed by atoms with Gasteiger partial charge in [0.1, 0.15) is 34.4 Å². The van der Waals surface area contributed by atoms with Crippen LogP contribution in [0.5, 0.6) is 0 Å². The minimum absolute atomic E-state index is 0.160. The Morgan fingerprint density at radius 3 is 1.17 bits per heavy atom. The van der Waals surface area contributed by atoms with E-state index in [1.165, 1.54) is 0 Å². The van der Waals surface area contributed by atoms with Crippen molar-refractivity contribution < 1.29 is 28.7 Å². The highest BCUT2D eigenvalue weighted by Gasteiger charge is 2.38. The maximum atomic E-state index is 13.9. The van der Waals surface area contributed by atoms with Gasteiger partial charge in [0, 0.05) is 85.7 Å². The van der Waals surface area contributed by atoms with Crippen LogP contribution in [0.2, 0.25) is 0 Å². The Balaban J connectivity index is 1.11. The van der Waals surface area contributed by atoms with Crippen LogP contribution in [0.1, 0.15) is 64.2 Å². The van der Waals surface area contributed by atoms with Gasteiger partial charge in [0.05, 0.1) is 26.4 Å². The Labute approximate surface area is 299 Å². The first-order chi connectivity index (χ1) is 25.5. The van der Waals surface area contributed by atoms with E-state index in [4.69, 9.17) is 19.4 Å². The van der Waals surface area contributed by atoms with E-state index >= 15 is 0 Å². The summed E-state index contributed by atoms with van der Waals surface area (Å²) in [6.45, 7) is 7.99. The van der Waals surface area contributed by atoms with Gasteiger partial charge in [0.15, 0.2) is 0 Å². The topological polar surface area (TPSA) is 129 Å². The predicted molar refractivity (Wildman–Crippen MR) is 190 cm³/mol. The quantitative estimate of drug-likeness (QED) is 0.232. The molecule has 0 saturated carbocycles. The second-order valence-electron chi connectivity index (χ2n) is 13.5. The van der Waals surface area contributed by atoms with Crippen molar-refractivity contribution in [1.29, 1.82) is 0 Å². The molecule has 4 heterocycles. The van der Waals surface area contributed by atoms with Crippen LogP contribution < -0.4 is 0 Å². The molecule has 0 amide bonds. The van der Waals surface area contributed by atoms with Crippen LogP contribution in [0.15, 0.2) is 72.8 Å². The number of ketones is 4. The smallest absolute Gasteiger partial charge is 0.214 e. The zero-order valence-corrected chi connectivity index (χ0v) is 28.5. The average Bonchev–Trinajstić information content (AvgIpc) is 3.78. The Morgan fingerprint density at radius 1 is 0.462 bits per heavy atom. The summed E-state index contributed by atoms with van der Waals surface area (Å²) in [5.41, 5.74) is 3.86. The number of carbonyl (C=O) groups is 4. The van der Waals surface area contributed by atoms with Gasteiger partial charge >= 0.3 is 0 Å². The first-order valence-corrected chi connectivity index (χ1v) is 17.8.